The fraction of sp³-hybridized carbons (Fsp3) is 0.250. The number of nitrogens with zero attached hydrogens (tertiary/aromatic N) is 1. The highest BCUT2D eigenvalue weighted by molar-refractivity contribution is 5.23. The van der Waals surface area contributed by atoms with Gasteiger partial charge in [0.05, 0.1) is 0 Å². The molecule has 0 atom stereocenters. The van der Waals surface area contributed by atoms with Gasteiger partial charge in [-0.1, -0.05) is 19.9 Å². The summed E-state index contributed by atoms with van der Waals surface area (Å²) >= 11 is 0. The van der Waals surface area contributed by atoms with Gasteiger partial charge in [-0.25, -0.2) is 0 Å². The van der Waals surface area contributed by atoms with E-state index in [1.165, 1.54) is 11.5 Å². The van der Waals surface area contributed by atoms with Crippen LogP contribution in [0.4, 0.5) is 0 Å². The Bertz CT molecular complexity index is 167. The minimum Gasteiger partial charge on any atom is -0.264 e. The summed E-state index contributed by atoms with van der Waals surface area (Å²) in [6.45, 7) is 4.16. The minimum absolute atomic E-state index is 1.22. The van der Waals surface area contributed by atoms with Gasteiger partial charge in [0, 0.05) is 18.3 Å². The Labute approximate surface area is 55.7 Å². The van der Waals surface area contributed by atoms with Gasteiger partial charge in [0.15, 0.2) is 0 Å². The van der Waals surface area contributed by atoms with Crippen LogP contribution in [0.2, 0.25) is 0 Å². The summed E-state index contributed by atoms with van der Waals surface area (Å²) in [6.07, 6.45) is 3.65. The SMILES string of the molecule is C[C](C)c1cccnc1. The van der Waals surface area contributed by atoms with E-state index < -0.39 is 0 Å². The first kappa shape index (κ1) is 6.27. The van der Waals surface area contributed by atoms with E-state index in [2.05, 4.69) is 24.9 Å². The zero-order valence-corrected chi connectivity index (χ0v) is 5.76. The van der Waals surface area contributed by atoms with E-state index in [-0.39, 0.29) is 0 Å². The first-order valence-corrected chi connectivity index (χ1v) is 3.01. The smallest absolute Gasteiger partial charge is 0.0305 e. The summed E-state index contributed by atoms with van der Waals surface area (Å²) < 4.78 is 0. The van der Waals surface area contributed by atoms with E-state index in [1.807, 2.05) is 12.3 Å². The second kappa shape index (κ2) is 2.62. The van der Waals surface area contributed by atoms with Gasteiger partial charge in [-0.05, 0) is 11.6 Å². The standard InChI is InChI=1S/C8H10N/c1-7(2)8-4-3-5-9-6-8/h3-6H,1-2H3. The normalized spacial score (nSPS) is 10.1. The van der Waals surface area contributed by atoms with Crippen molar-refractivity contribution in [2.45, 2.75) is 13.8 Å². The molecule has 0 spiro atoms. The van der Waals surface area contributed by atoms with Crippen molar-refractivity contribution in [2.24, 2.45) is 0 Å². The van der Waals surface area contributed by atoms with E-state index in [0.29, 0.717) is 0 Å². The lowest BCUT2D eigenvalue weighted by Gasteiger charge is -2.00. The van der Waals surface area contributed by atoms with E-state index >= 15 is 0 Å². The summed E-state index contributed by atoms with van der Waals surface area (Å²) in [6, 6.07) is 4.00. The maximum absolute atomic E-state index is 3.99. The maximum Gasteiger partial charge on any atom is 0.0305 e. The Kier molecular flexibility index (Phi) is 1.83. The molecule has 47 valence electrons. The lowest BCUT2D eigenvalue weighted by molar-refractivity contribution is 1.12. The molecule has 1 heteroatoms. The summed E-state index contributed by atoms with van der Waals surface area (Å²) in [5.41, 5.74) is 1.22. The third-order valence-corrected chi connectivity index (χ3v) is 1.24. The van der Waals surface area contributed by atoms with Crippen LogP contribution in [-0.4, -0.2) is 4.98 Å². The lowest BCUT2D eigenvalue weighted by Crippen LogP contribution is -1.86. The molecule has 1 radical (unpaired) electrons. The Balaban J connectivity index is 2.85. The zero-order chi connectivity index (χ0) is 6.69. The van der Waals surface area contributed by atoms with Gasteiger partial charge in [-0.3, -0.25) is 4.98 Å². The molecule has 0 aliphatic rings. The fourth-order valence-corrected chi connectivity index (χ4v) is 0.659. The van der Waals surface area contributed by atoms with Crippen LogP contribution in [-0.2, 0) is 0 Å². The fourth-order valence-electron chi connectivity index (χ4n) is 0.659. The van der Waals surface area contributed by atoms with Crippen LogP contribution < -0.4 is 0 Å². The van der Waals surface area contributed by atoms with Gasteiger partial charge in [-0.15, -0.1) is 0 Å². The summed E-state index contributed by atoms with van der Waals surface area (Å²) in [7, 11) is 0. The second-order valence-electron chi connectivity index (χ2n) is 2.24. The molecule has 0 fully saturated rings. The topological polar surface area (TPSA) is 12.9 Å². The Hall–Kier alpha value is -0.850. The van der Waals surface area contributed by atoms with Gasteiger partial charge >= 0.3 is 0 Å². The summed E-state index contributed by atoms with van der Waals surface area (Å²) in [4.78, 5) is 3.99. The van der Waals surface area contributed by atoms with E-state index in [4.69, 9.17) is 0 Å². The van der Waals surface area contributed by atoms with Crippen molar-refractivity contribution < 1.29 is 0 Å². The van der Waals surface area contributed by atoms with E-state index in [0.717, 1.165) is 0 Å². The second-order valence-corrected chi connectivity index (χ2v) is 2.24. The van der Waals surface area contributed by atoms with Crippen LogP contribution in [0.1, 0.15) is 19.4 Å². The van der Waals surface area contributed by atoms with Gasteiger partial charge in [0.25, 0.3) is 0 Å². The molecule has 0 bridgehead atoms. The third kappa shape index (κ3) is 1.53. The quantitative estimate of drug-likeness (QED) is 0.552. The number of aromatic nitrogens is 1. The van der Waals surface area contributed by atoms with Crippen molar-refractivity contribution in [1.29, 1.82) is 0 Å². The van der Waals surface area contributed by atoms with E-state index in [9.17, 15) is 0 Å². The molecule has 1 aromatic rings. The van der Waals surface area contributed by atoms with Crippen LogP contribution in [0.3, 0.4) is 0 Å². The molecule has 0 aliphatic carbocycles. The van der Waals surface area contributed by atoms with Crippen LogP contribution >= 0.6 is 0 Å². The monoisotopic (exact) mass is 120 g/mol. The van der Waals surface area contributed by atoms with Gasteiger partial charge in [0.2, 0.25) is 0 Å². The molecule has 0 amide bonds. The first-order valence-electron chi connectivity index (χ1n) is 3.01. The predicted molar refractivity (Wildman–Crippen MR) is 37.9 cm³/mol. The van der Waals surface area contributed by atoms with Crippen molar-refractivity contribution in [2.75, 3.05) is 0 Å². The van der Waals surface area contributed by atoms with Crippen molar-refractivity contribution in [1.82, 2.24) is 4.98 Å². The van der Waals surface area contributed by atoms with Crippen molar-refractivity contribution in [3.05, 3.63) is 36.0 Å². The first-order chi connectivity index (χ1) is 4.30. The summed E-state index contributed by atoms with van der Waals surface area (Å²) in [5, 5.41) is 0. The molecule has 0 saturated carbocycles. The molecule has 9 heavy (non-hydrogen) atoms. The van der Waals surface area contributed by atoms with Gasteiger partial charge in [-0.2, -0.15) is 0 Å². The molecule has 1 aromatic heterocycles. The summed E-state index contributed by atoms with van der Waals surface area (Å²) in [5.74, 6) is 1.31. The highest BCUT2D eigenvalue weighted by atomic mass is 14.6. The van der Waals surface area contributed by atoms with Gasteiger partial charge < -0.3 is 0 Å². The van der Waals surface area contributed by atoms with Crippen molar-refractivity contribution in [3.8, 4) is 0 Å². The average molecular weight is 120 g/mol. The molecule has 1 rings (SSSR count). The molecule has 0 N–H and O–H groups in total. The Morgan fingerprint density at radius 2 is 2.22 bits per heavy atom. The van der Waals surface area contributed by atoms with Crippen LogP contribution in [0.5, 0.6) is 0 Å². The molecule has 1 heterocycles. The Morgan fingerprint density at radius 3 is 2.56 bits per heavy atom. The Morgan fingerprint density at radius 1 is 1.44 bits per heavy atom. The number of hydrogen-bond donors (Lipinski definition) is 0. The van der Waals surface area contributed by atoms with Crippen molar-refractivity contribution in [3.63, 3.8) is 0 Å². The average Bonchev–Trinajstić information content (AvgIpc) is 1.90. The van der Waals surface area contributed by atoms with Crippen LogP contribution in [0, 0.1) is 5.92 Å². The molecule has 0 saturated heterocycles. The molecule has 0 aromatic carbocycles. The molecule has 1 nitrogen and oxygen atoms in total. The number of rotatable bonds is 1. The highest BCUT2D eigenvalue weighted by Crippen LogP contribution is 2.09. The van der Waals surface area contributed by atoms with E-state index in [1.54, 1.807) is 6.20 Å². The number of hydrogen-bond acceptors (Lipinski definition) is 1. The largest absolute Gasteiger partial charge is 0.264 e. The minimum atomic E-state index is 1.22. The lowest BCUT2D eigenvalue weighted by atomic mass is 10.1. The zero-order valence-electron chi connectivity index (χ0n) is 5.76. The molecule has 0 unspecified atom stereocenters. The predicted octanol–water partition coefficient (Wildman–Crippen LogP) is 2.04. The molecular weight excluding hydrogens is 110 g/mol. The van der Waals surface area contributed by atoms with Crippen molar-refractivity contribution >= 4 is 0 Å². The third-order valence-electron chi connectivity index (χ3n) is 1.24. The van der Waals surface area contributed by atoms with Crippen LogP contribution in [0.15, 0.2) is 24.5 Å². The van der Waals surface area contributed by atoms with Crippen LogP contribution in [0.25, 0.3) is 0 Å². The van der Waals surface area contributed by atoms with Gasteiger partial charge in [0.1, 0.15) is 0 Å². The highest BCUT2D eigenvalue weighted by Gasteiger charge is 1.95. The number of pyridine rings is 1. The molecular formula is C8H10N. The maximum atomic E-state index is 3.99. The molecule has 0 aliphatic heterocycles.